The molecule has 7 heteroatoms. The van der Waals surface area contributed by atoms with Gasteiger partial charge in [0.15, 0.2) is 5.65 Å². The molecule has 0 aliphatic carbocycles. The number of benzene rings is 1. The van der Waals surface area contributed by atoms with Crippen LogP contribution in [-0.4, -0.2) is 44.8 Å². The molecule has 1 aliphatic rings. The first-order valence-corrected chi connectivity index (χ1v) is 10.0. The Labute approximate surface area is 170 Å². The maximum Gasteiger partial charge on any atom is 0.256 e. The standard InChI is InChI=1S/C22H27N5O2/c1-22(2,3)16-8-6-15(7-9-16)21(29)25-18-13-20(26-12-4-5-17(28)14-26)27-19(24-18)10-11-23-27/h6-11,13,17,28H,4-5,12,14H2,1-3H3,(H,24,25,29). The van der Waals surface area contributed by atoms with Gasteiger partial charge in [0.2, 0.25) is 0 Å². The minimum Gasteiger partial charge on any atom is -0.391 e. The second kappa shape index (κ2) is 7.48. The Hall–Kier alpha value is -2.93. The fourth-order valence-corrected chi connectivity index (χ4v) is 3.66. The van der Waals surface area contributed by atoms with Crippen LogP contribution in [0.1, 0.15) is 49.5 Å². The fraction of sp³-hybridized carbons (Fsp3) is 0.409. The van der Waals surface area contributed by atoms with Crippen molar-refractivity contribution >= 4 is 23.2 Å². The normalized spacial score (nSPS) is 17.5. The van der Waals surface area contributed by atoms with Crippen molar-refractivity contribution in [1.29, 1.82) is 0 Å². The van der Waals surface area contributed by atoms with Crippen LogP contribution in [0.2, 0.25) is 0 Å². The molecule has 0 bridgehead atoms. The number of carbonyl (C=O) groups excluding carboxylic acids is 1. The van der Waals surface area contributed by atoms with Crippen molar-refractivity contribution in [3.8, 4) is 0 Å². The molecule has 152 valence electrons. The number of aromatic nitrogens is 3. The van der Waals surface area contributed by atoms with Crippen LogP contribution < -0.4 is 10.2 Å². The quantitative estimate of drug-likeness (QED) is 0.714. The molecule has 1 amide bonds. The maximum absolute atomic E-state index is 12.8. The van der Waals surface area contributed by atoms with E-state index < -0.39 is 0 Å². The highest BCUT2D eigenvalue weighted by Gasteiger charge is 2.22. The summed E-state index contributed by atoms with van der Waals surface area (Å²) in [4.78, 5) is 19.4. The average Bonchev–Trinajstić information content (AvgIpc) is 3.15. The lowest BCUT2D eigenvalue weighted by atomic mass is 9.87. The summed E-state index contributed by atoms with van der Waals surface area (Å²) in [6.45, 7) is 7.81. The molecule has 2 aromatic heterocycles. The van der Waals surface area contributed by atoms with Gasteiger partial charge in [-0.2, -0.15) is 9.61 Å². The molecule has 3 heterocycles. The lowest BCUT2D eigenvalue weighted by molar-refractivity contribution is 0.102. The molecule has 1 aliphatic heterocycles. The molecule has 1 saturated heterocycles. The van der Waals surface area contributed by atoms with Gasteiger partial charge in [0.1, 0.15) is 11.6 Å². The molecule has 1 fully saturated rings. The molecule has 4 rings (SSSR count). The van der Waals surface area contributed by atoms with Crippen LogP contribution in [0.25, 0.3) is 5.65 Å². The molecule has 0 saturated carbocycles. The number of β-amino-alcohol motifs (C(OH)–C–C–N with tert-alkyl or cyclic N) is 1. The minimum absolute atomic E-state index is 0.0392. The summed E-state index contributed by atoms with van der Waals surface area (Å²) in [6, 6.07) is 11.3. The summed E-state index contributed by atoms with van der Waals surface area (Å²) in [5, 5.41) is 17.3. The van der Waals surface area contributed by atoms with Crippen molar-refractivity contribution < 1.29 is 9.90 Å². The van der Waals surface area contributed by atoms with E-state index in [1.165, 1.54) is 5.56 Å². The Bertz CT molecular complexity index is 1020. The van der Waals surface area contributed by atoms with Gasteiger partial charge in [0, 0.05) is 30.8 Å². The molecule has 0 spiro atoms. The largest absolute Gasteiger partial charge is 0.391 e. The zero-order chi connectivity index (χ0) is 20.6. The predicted octanol–water partition coefficient (Wildman–Crippen LogP) is 3.24. The molecule has 7 nitrogen and oxygen atoms in total. The highest BCUT2D eigenvalue weighted by Crippen LogP contribution is 2.25. The van der Waals surface area contributed by atoms with E-state index in [-0.39, 0.29) is 17.4 Å². The van der Waals surface area contributed by atoms with Crippen molar-refractivity contribution in [2.45, 2.75) is 45.1 Å². The average molecular weight is 393 g/mol. The first kappa shape index (κ1) is 19.4. The number of piperidine rings is 1. The first-order chi connectivity index (χ1) is 13.8. The van der Waals surface area contributed by atoms with E-state index >= 15 is 0 Å². The molecule has 0 radical (unpaired) electrons. The molecule has 29 heavy (non-hydrogen) atoms. The number of fused-ring (bicyclic) bond motifs is 1. The van der Waals surface area contributed by atoms with E-state index in [2.05, 4.69) is 41.1 Å². The summed E-state index contributed by atoms with van der Waals surface area (Å²) in [5.41, 5.74) is 2.46. The topological polar surface area (TPSA) is 82.8 Å². The van der Waals surface area contributed by atoms with Crippen molar-refractivity contribution in [3.63, 3.8) is 0 Å². The zero-order valence-electron chi connectivity index (χ0n) is 17.1. The van der Waals surface area contributed by atoms with Crippen LogP contribution in [-0.2, 0) is 5.41 Å². The number of rotatable bonds is 3. The van der Waals surface area contributed by atoms with Crippen LogP contribution in [0, 0.1) is 0 Å². The lowest BCUT2D eigenvalue weighted by Crippen LogP contribution is -2.39. The Morgan fingerprint density at radius 2 is 1.97 bits per heavy atom. The maximum atomic E-state index is 12.8. The number of anilines is 2. The molecular weight excluding hydrogens is 366 g/mol. The van der Waals surface area contributed by atoms with Gasteiger partial charge >= 0.3 is 0 Å². The molecule has 3 aromatic rings. The van der Waals surface area contributed by atoms with E-state index in [1.807, 2.05) is 30.3 Å². The van der Waals surface area contributed by atoms with E-state index in [0.717, 1.165) is 25.2 Å². The molecule has 1 atom stereocenters. The van der Waals surface area contributed by atoms with E-state index in [0.29, 0.717) is 23.6 Å². The Morgan fingerprint density at radius 3 is 2.66 bits per heavy atom. The lowest BCUT2D eigenvalue weighted by Gasteiger charge is -2.32. The minimum atomic E-state index is -0.359. The van der Waals surface area contributed by atoms with Gasteiger partial charge in [0.05, 0.1) is 12.3 Å². The van der Waals surface area contributed by atoms with Crippen molar-refractivity contribution in [2.75, 3.05) is 23.3 Å². The number of hydrogen-bond donors (Lipinski definition) is 2. The second-order valence-electron chi connectivity index (χ2n) is 8.62. The van der Waals surface area contributed by atoms with Crippen LogP contribution in [0.15, 0.2) is 42.6 Å². The first-order valence-electron chi connectivity index (χ1n) is 10.0. The number of carbonyl (C=O) groups is 1. The Kier molecular flexibility index (Phi) is 5.00. The second-order valence-corrected chi connectivity index (χ2v) is 8.62. The summed E-state index contributed by atoms with van der Waals surface area (Å²) < 4.78 is 1.74. The van der Waals surface area contributed by atoms with E-state index in [4.69, 9.17) is 0 Å². The summed E-state index contributed by atoms with van der Waals surface area (Å²) in [5.74, 6) is 1.08. The monoisotopic (exact) mass is 393 g/mol. The number of nitrogens with one attached hydrogen (secondary N) is 1. The molecule has 1 unspecified atom stereocenters. The summed E-state index contributed by atoms with van der Waals surface area (Å²) in [7, 11) is 0. The van der Waals surface area contributed by atoms with E-state index in [9.17, 15) is 9.90 Å². The van der Waals surface area contributed by atoms with Crippen LogP contribution in [0.3, 0.4) is 0 Å². The number of aliphatic hydroxyl groups is 1. The number of hydrogen-bond acceptors (Lipinski definition) is 5. The third kappa shape index (κ3) is 4.10. The van der Waals surface area contributed by atoms with E-state index in [1.54, 1.807) is 16.8 Å². The van der Waals surface area contributed by atoms with Gasteiger partial charge in [0.25, 0.3) is 5.91 Å². The van der Waals surface area contributed by atoms with Gasteiger partial charge in [-0.3, -0.25) is 4.79 Å². The van der Waals surface area contributed by atoms with Crippen LogP contribution >= 0.6 is 0 Å². The van der Waals surface area contributed by atoms with Crippen LogP contribution in [0.4, 0.5) is 11.6 Å². The van der Waals surface area contributed by atoms with Gasteiger partial charge in [-0.05, 0) is 36.0 Å². The summed E-state index contributed by atoms with van der Waals surface area (Å²) >= 11 is 0. The van der Waals surface area contributed by atoms with Gasteiger partial charge in [-0.1, -0.05) is 32.9 Å². The van der Waals surface area contributed by atoms with Gasteiger partial charge in [-0.15, -0.1) is 0 Å². The molecular formula is C22H27N5O2. The highest BCUT2D eigenvalue weighted by atomic mass is 16.3. The smallest absolute Gasteiger partial charge is 0.256 e. The Balaban J connectivity index is 1.60. The van der Waals surface area contributed by atoms with Crippen molar-refractivity contribution in [1.82, 2.24) is 14.6 Å². The van der Waals surface area contributed by atoms with Gasteiger partial charge in [-0.25, -0.2) is 4.98 Å². The SMILES string of the molecule is CC(C)(C)c1ccc(C(=O)Nc2cc(N3CCCC(O)C3)n3nccc3n2)cc1. The van der Waals surface area contributed by atoms with Crippen molar-refractivity contribution in [3.05, 3.63) is 53.7 Å². The van der Waals surface area contributed by atoms with Crippen molar-refractivity contribution in [2.24, 2.45) is 0 Å². The Morgan fingerprint density at radius 1 is 1.21 bits per heavy atom. The third-order valence-electron chi connectivity index (χ3n) is 5.32. The predicted molar refractivity (Wildman–Crippen MR) is 114 cm³/mol. The van der Waals surface area contributed by atoms with Crippen LogP contribution in [0.5, 0.6) is 0 Å². The number of amides is 1. The highest BCUT2D eigenvalue weighted by molar-refractivity contribution is 6.04. The summed E-state index contributed by atoms with van der Waals surface area (Å²) in [6.07, 6.45) is 3.04. The molecule has 2 N–H and O–H groups in total. The fourth-order valence-electron chi connectivity index (χ4n) is 3.66. The van der Waals surface area contributed by atoms with Gasteiger partial charge < -0.3 is 15.3 Å². The number of aliphatic hydroxyl groups excluding tert-OH is 1. The number of nitrogens with zero attached hydrogens (tertiary/aromatic N) is 4. The third-order valence-corrected chi connectivity index (χ3v) is 5.32. The zero-order valence-corrected chi connectivity index (χ0v) is 17.1. The molecule has 1 aromatic carbocycles.